The average molecular weight is 238 g/mol. The molecule has 2 fully saturated rings. The summed E-state index contributed by atoms with van der Waals surface area (Å²) in [5.41, 5.74) is 3.10. The van der Waals surface area contributed by atoms with Gasteiger partial charge in [0.25, 0.3) is 0 Å². The summed E-state index contributed by atoms with van der Waals surface area (Å²) in [6.07, 6.45) is 14.2. The maximum absolute atomic E-state index is 5.74. The summed E-state index contributed by atoms with van der Waals surface area (Å²) in [7, 11) is 0. The van der Waals surface area contributed by atoms with E-state index in [1.165, 1.54) is 64.2 Å². The van der Waals surface area contributed by atoms with Crippen LogP contribution in [0.2, 0.25) is 0 Å². The van der Waals surface area contributed by atoms with E-state index in [9.17, 15) is 0 Å². The molecule has 0 aromatic heterocycles. The van der Waals surface area contributed by atoms with E-state index in [0.717, 1.165) is 17.8 Å². The van der Waals surface area contributed by atoms with Crippen LogP contribution in [0, 0.1) is 17.8 Å². The smallest absolute Gasteiger partial charge is 0.0241 e. The molecule has 2 saturated carbocycles. The van der Waals surface area contributed by atoms with Crippen molar-refractivity contribution in [3.8, 4) is 0 Å². The number of rotatable bonds is 7. The predicted octanol–water partition coefficient (Wildman–Crippen LogP) is 3.62. The first-order valence-corrected chi connectivity index (χ1v) is 7.79. The lowest BCUT2D eigenvalue weighted by Crippen LogP contribution is -2.42. The SMILES string of the molecule is CCCCC1CCC(C(CC2CC2)NN)CC1. The summed E-state index contributed by atoms with van der Waals surface area (Å²) >= 11 is 0. The lowest BCUT2D eigenvalue weighted by atomic mass is 9.76. The fourth-order valence-electron chi connectivity index (χ4n) is 3.48. The number of hydrogen-bond acceptors (Lipinski definition) is 2. The van der Waals surface area contributed by atoms with Crippen molar-refractivity contribution in [2.45, 2.75) is 77.2 Å². The van der Waals surface area contributed by atoms with Crippen LogP contribution in [0.5, 0.6) is 0 Å². The van der Waals surface area contributed by atoms with Crippen molar-refractivity contribution in [1.29, 1.82) is 0 Å². The van der Waals surface area contributed by atoms with Crippen LogP contribution in [0.4, 0.5) is 0 Å². The summed E-state index contributed by atoms with van der Waals surface area (Å²) < 4.78 is 0. The summed E-state index contributed by atoms with van der Waals surface area (Å²) in [6, 6.07) is 0.606. The van der Waals surface area contributed by atoms with Crippen LogP contribution < -0.4 is 11.3 Å². The molecule has 0 amide bonds. The average Bonchev–Trinajstić information content (AvgIpc) is 3.18. The van der Waals surface area contributed by atoms with Gasteiger partial charge in [-0.3, -0.25) is 11.3 Å². The first kappa shape index (κ1) is 13.4. The second-order valence-corrected chi connectivity index (χ2v) is 6.38. The normalized spacial score (nSPS) is 31.4. The van der Waals surface area contributed by atoms with E-state index < -0.39 is 0 Å². The molecule has 1 atom stereocenters. The van der Waals surface area contributed by atoms with Crippen LogP contribution in [0.3, 0.4) is 0 Å². The van der Waals surface area contributed by atoms with E-state index in [1.54, 1.807) is 0 Å². The minimum absolute atomic E-state index is 0.606. The van der Waals surface area contributed by atoms with Crippen molar-refractivity contribution >= 4 is 0 Å². The van der Waals surface area contributed by atoms with E-state index in [1.807, 2.05) is 0 Å². The van der Waals surface area contributed by atoms with Gasteiger partial charge in [-0.25, -0.2) is 0 Å². The monoisotopic (exact) mass is 238 g/mol. The molecule has 0 aromatic rings. The summed E-state index contributed by atoms with van der Waals surface area (Å²) in [5.74, 6) is 8.62. The van der Waals surface area contributed by atoms with Gasteiger partial charge in [0, 0.05) is 6.04 Å². The molecule has 0 saturated heterocycles. The van der Waals surface area contributed by atoms with Crippen LogP contribution >= 0.6 is 0 Å². The molecule has 0 radical (unpaired) electrons. The van der Waals surface area contributed by atoms with Crippen molar-refractivity contribution in [2.75, 3.05) is 0 Å². The minimum Gasteiger partial charge on any atom is -0.271 e. The van der Waals surface area contributed by atoms with Gasteiger partial charge in [-0.1, -0.05) is 51.9 Å². The third-order valence-electron chi connectivity index (χ3n) is 4.92. The second-order valence-electron chi connectivity index (χ2n) is 6.38. The Hall–Kier alpha value is -0.0800. The predicted molar refractivity (Wildman–Crippen MR) is 73.4 cm³/mol. The summed E-state index contributed by atoms with van der Waals surface area (Å²) in [4.78, 5) is 0. The van der Waals surface area contributed by atoms with E-state index in [0.29, 0.717) is 6.04 Å². The Morgan fingerprint density at radius 2 is 1.71 bits per heavy atom. The number of hydrogen-bond donors (Lipinski definition) is 2. The number of hydrazine groups is 1. The summed E-state index contributed by atoms with van der Waals surface area (Å²) in [6.45, 7) is 2.30. The maximum atomic E-state index is 5.74. The zero-order chi connectivity index (χ0) is 12.1. The number of nitrogens with one attached hydrogen (secondary N) is 1. The minimum atomic E-state index is 0.606. The maximum Gasteiger partial charge on any atom is 0.0241 e. The van der Waals surface area contributed by atoms with Crippen molar-refractivity contribution in [3.05, 3.63) is 0 Å². The van der Waals surface area contributed by atoms with Gasteiger partial charge < -0.3 is 0 Å². The van der Waals surface area contributed by atoms with Gasteiger partial charge >= 0.3 is 0 Å². The van der Waals surface area contributed by atoms with Gasteiger partial charge in [0.15, 0.2) is 0 Å². The van der Waals surface area contributed by atoms with E-state index in [2.05, 4.69) is 12.3 Å². The Kier molecular flexibility index (Phi) is 5.30. The standard InChI is InChI=1S/C15H30N2/c1-2-3-4-12-7-9-14(10-8-12)15(17-16)11-13-5-6-13/h12-15,17H,2-11,16H2,1H3. The Bertz CT molecular complexity index is 205. The van der Waals surface area contributed by atoms with Crippen molar-refractivity contribution in [3.63, 3.8) is 0 Å². The molecule has 2 heteroatoms. The molecule has 0 spiro atoms. The molecule has 2 aliphatic carbocycles. The third-order valence-corrected chi connectivity index (χ3v) is 4.92. The van der Waals surface area contributed by atoms with Crippen LogP contribution in [-0.2, 0) is 0 Å². The van der Waals surface area contributed by atoms with Crippen LogP contribution in [-0.4, -0.2) is 6.04 Å². The third kappa shape index (κ3) is 4.26. The molecule has 0 aromatic carbocycles. The molecule has 2 aliphatic rings. The lowest BCUT2D eigenvalue weighted by Gasteiger charge is -2.33. The molecule has 2 nitrogen and oxygen atoms in total. The second kappa shape index (κ2) is 6.75. The molecule has 100 valence electrons. The fourth-order valence-corrected chi connectivity index (χ4v) is 3.48. The van der Waals surface area contributed by atoms with Crippen LogP contribution in [0.25, 0.3) is 0 Å². The first-order chi connectivity index (χ1) is 8.33. The highest BCUT2D eigenvalue weighted by Gasteiger charge is 2.31. The van der Waals surface area contributed by atoms with Gasteiger partial charge in [0.1, 0.15) is 0 Å². The van der Waals surface area contributed by atoms with E-state index in [-0.39, 0.29) is 0 Å². The molecule has 1 unspecified atom stereocenters. The molecule has 0 aliphatic heterocycles. The Balaban J connectivity index is 1.68. The largest absolute Gasteiger partial charge is 0.271 e. The van der Waals surface area contributed by atoms with Crippen LogP contribution in [0.15, 0.2) is 0 Å². The Morgan fingerprint density at radius 3 is 2.24 bits per heavy atom. The highest BCUT2D eigenvalue weighted by molar-refractivity contribution is 4.86. The molecule has 0 heterocycles. The zero-order valence-electron chi connectivity index (χ0n) is 11.5. The van der Waals surface area contributed by atoms with Gasteiger partial charge in [-0.15, -0.1) is 0 Å². The van der Waals surface area contributed by atoms with Gasteiger partial charge in [-0.2, -0.15) is 0 Å². The van der Waals surface area contributed by atoms with Crippen LogP contribution in [0.1, 0.15) is 71.1 Å². The zero-order valence-corrected chi connectivity index (χ0v) is 11.5. The highest BCUT2D eigenvalue weighted by Crippen LogP contribution is 2.39. The quantitative estimate of drug-likeness (QED) is 0.525. The number of unbranched alkanes of at least 4 members (excludes halogenated alkanes) is 1. The fraction of sp³-hybridized carbons (Fsp3) is 1.00. The topological polar surface area (TPSA) is 38.0 Å². The molecular formula is C15H30N2. The summed E-state index contributed by atoms with van der Waals surface area (Å²) in [5, 5.41) is 0. The van der Waals surface area contributed by atoms with Gasteiger partial charge in [-0.05, 0) is 37.0 Å². The highest BCUT2D eigenvalue weighted by atomic mass is 15.2. The van der Waals surface area contributed by atoms with Crippen molar-refractivity contribution in [2.24, 2.45) is 23.6 Å². The molecular weight excluding hydrogens is 208 g/mol. The van der Waals surface area contributed by atoms with E-state index in [4.69, 9.17) is 5.84 Å². The number of nitrogens with two attached hydrogens (primary N) is 1. The van der Waals surface area contributed by atoms with Gasteiger partial charge in [0.05, 0.1) is 0 Å². The van der Waals surface area contributed by atoms with E-state index >= 15 is 0 Å². The lowest BCUT2D eigenvalue weighted by molar-refractivity contribution is 0.202. The first-order valence-electron chi connectivity index (χ1n) is 7.79. The molecule has 2 rings (SSSR count). The molecule has 0 bridgehead atoms. The van der Waals surface area contributed by atoms with Gasteiger partial charge in [0.2, 0.25) is 0 Å². The van der Waals surface area contributed by atoms with Crippen molar-refractivity contribution in [1.82, 2.24) is 5.43 Å². The molecule has 3 N–H and O–H groups in total. The van der Waals surface area contributed by atoms with Crippen molar-refractivity contribution < 1.29 is 0 Å². The Labute approximate surface area is 107 Å². The molecule has 17 heavy (non-hydrogen) atoms. The Morgan fingerprint density at radius 1 is 1.06 bits per heavy atom.